The molecule has 20 rings (SSSR count). The number of anilines is 4. The highest BCUT2D eigenvalue weighted by atomic mass is 32.2. The van der Waals surface area contributed by atoms with Crippen LogP contribution >= 0.6 is 0 Å². The van der Waals surface area contributed by atoms with Gasteiger partial charge in [-0.25, -0.2) is 77.2 Å². The monoisotopic (exact) mass is 1770 g/mol. The van der Waals surface area contributed by atoms with E-state index in [1.54, 1.807) is 33.4 Å². The number of amides is 9. The van der Waals surface area contributed by atoms with E-state index >= 15 is 0 Å². The van der Waals surface area contributed by atoms with Crippen molar-refractivity contribution in [2.75, 3.05) is 40.6 Å². The van der Waals surface area contributed by atoms with Crippen LogP contribution in [0.25, 0.3) is 33.5 Å². The van der Waals surface area contributed by atoms with Gasteiger partial charge in [-0.2, -0.15) is 0 Å². The van der Waals surface area contributed by atoms with Crippen LogP contribution in [0.15, 0.2) is 190 Å². The Bertz CT molecular complexity index is 6030. The van der Waals surface area contributed by atoms with Crippen molar-refractivity contribution in [3.8, 4) is 0 Å². The topological polar surface area (TPSA) is 516 Å². The Balaban J connectivity index is 0.000000130. The second-order valence-corrected chi connectivity index (χ2v) is 33.4. The zero-order valence-corrected chi connectivity index (χ0v) is 69.1. The van der Waals surface area contributed by atoms with Crippen molar-refractivity contribution in [1.29, 1.82) is 0 Å². The van der Waals surface area contributed by atoms with Gasteiger partial charge in [-0.3, -0.25) is 48.8 Å². The number of aliphatic carboxylic acids is 2. The van der Waals surface area contributed by atoms with Crippen LogP contribution in [-0.4, -0.2) is 240 Å². The van der Waals surface area contributed by atoms with E-state index in [1.165, 1.54) is 52.3 Å². The largest absolute Gasteiger partial charge is 0.480 e. The number of carboxylic acids is 2. The molecule has 17 atom stereocenters. The van der Waals surface area contributed by atoms with Gasteiger partial charge in [-0.1, -0.05) is 152 Å². The summed E-state index contributed by atoms with van der Waals surface area (Å²) in [5, 5.41) is 36.1. The minimum atomic E-state index is -3.86. The van der Waals surface area contributed by atoms with E-state index in [0.29, 0.717) is 86.2 Å². The third-order valence-electron chi connectivity index (χ3n) is 23.2. The Hall–Kier alpha value is -13.5. The van der Waals surface area contributed by atoms with Crippen molar-refractivity contribution < 1.29 is 99.6 Å². The summed E-state index contributed by atoms with van der Waals surface area (Å²) in [6.45, 7) is 0.956. The predicted octanol–water partition coefficient (Wildman–Crippen LogP) is 6.62. The molecule has 664 valence electrons. The summed E-state index contributed by atoms with van der Waals surface area (Å²) in [6.07, 6.45) is 2.89. The molecule has 0 bridgehead atoms. The minimum Gasteiger partial charge on any atom is -0.480 e. The van der Waals surface area contributed by atoms with Crippen molar-refractivity contribution >= 4 is 114 Å². The van der Waals surface area contributed by atoms with E-state index in [-0.39, 0.29) is 40.7 Å². The van der Waals surface area contributed by atoms with Crippen LogP contribution in [0.5, 0.6) is 0 Å². The number of urea groups is 3. The van der Waals surface area contributed by atoms with Crippen LogP contribution in [-0.2, 0) is 96.0 Å². The zero-order chi connectivity index (χ0) is 88.3. The first kappa shape index (κ1) is 85.3. The molecule has 42 nitrogen and oxygen atoms in total. The van der Waals surface area contributed by atoms with Gasteiger partial charge in [0.05, 0.1) is 25.2 Å². The highest BCUT2D eigenvalue weighted by molar-refractivity contribution is 7.89. The molecule has 9 fully saturated rings. The molecule has 0 radical (unpaired) electrons. The number of aromatic nitrogens is 12. The number of benzene rings is 5. The van der Waals surface area contributed by atoms with Gasteiger partial charge in [0.2, 0.25) is 10.0 Å². The van der Waals surface area contributed by atoms with Crippen LogP contribution in [0.1, 0.15) is 98.6 Å². The highest BCUT2D eigenvalue weighted by Gasteiger charge is 2.61. The highest BCUT2D eigenvalue weighted by Crippen LogP contribution is 2.48. The lowest BCUT2D eigenvalue weighted by molar-refractivity contribution is -0.171. The molecule has 128 heavy (non-hydrogen) atoms. The number of hydrogen-bond donors (Lipinski definition) is 9. The molecule has 9 N–H and O–H groups in total. The summed E-state index contributed by atoms with van der Waals surface area (Å²) in [7, 11) is -3.86. The Morgan fingerprint density at radius 3 is 1.27 bits per heavy atom. The SMILES string of the molecule is CS(=O)(=O)NC(=O)C1OC(n2cnc3c(NC(=O)Nc4ccccc4)ncnc32)C2OC(Cc3ccccc3)OC12.O=C(NCc1ccccc1)Nc1ncnc2c1ncn2C1OC(C(=O)N2CCCC2C(=O)O)C2OC(c3ccccc3)OC21.O=C(Nc1ncnc2c1ncn2C1OC(C(=O)N2CCCC2C(=O)O)C2OC(Cc3ccccc3)OC21)NC1CCCC1. The zero-order valence-electron chi connectivity index (χ0n) is 68.3. The lowest BCUT2D eigenvalue weighted by atomic mass is 10.1. The van der Waals surface area contributed by atoms with Crippen molar-refractivity contribution in [2.45, 2.75) is 181 Å². The number of fused-ring (bicyclic) bond motifs is 6. The smallest absolute Gasteiger partial charge is 0.326 e. The maximum atomic E-state index is 13.8. The third kappa shape index (κ3) is 18.3. The number of imidazole rings is 3. The van der Waals surface area contributed by atoms with Crippen LogP contribution in [0.3, 0.4) is 0 Å². The van der Waals surface area contributed by atoms with Gasteiger partial charge >= 0.3 is 30.0 Å². The van der Waals surface area contributed by atoms with E-state index < -0.39 is 156 Å². The number of likely N-dealkylation sites (tertiary alicyclic amines) is 2. The van der Waals surface area contributed by atoms with Crippen molar-refractivity contribution in [3.05, 3.63) is 212 Å². The molecule has 14 heterocycles. The number of rotatable bonds is 21. The maximum Gasteiger partial charge on any atom is 0.326 e. The number of carbonyl (C=O) groups is 8. The second-order valence-electron chi connectivity index (χ2n) is 31.7. The summed E-state index contributed by atoms with van der Waals surface area (Å²) in [4.78, 5) is 144. The normalized spacial score (nSPS) is 26.2. The Labute approximate surface area is 728 Å². The van der Waals surface area contributed by atoms with Gasteiger partial charge in [-0.15, -0.1) is 0 Å². The predicted molar refractivity (Wildman–Crippen MR) is 448 cm³/mol. The molecule has 9 amide bonds. The minimum absolute atomic E-state index is 0.132. The van der Waals surface area contributed by atoms with Crippen molar-refractivity contribution in [3.63, 3.8) is 0 Å². The van der Waals surface area contributed by atoms with E-state index in [0.717, 1.165) is 54.2 Å². The third-order valence-corrected chi connectivity index (χ3v) is 23.8. The van der Waals surface area contributed by atoms with Crippen molar-refractivity contribution in [2.24, 2.45) is 0 Å². The summed E-state index contributed by atoms with van der Waals surface area (Å²) < 4.78 is 86.5. The van der Waals surface area contributed by atoms with E-state index in [1.807, 2.05) is 132 Å². The van der Waals surface area contributed by atoms with Gasteiger partial charge in [0.25, 0.3) is 17.7 Å². The molecule has 1 aliphatic carbocycles. The first-order valence-corrected chi connectivity index (χ1v) is 43.5. The van der Waals surface area contributed by atoms with Crippen molar-refractivity contribution in [1.82, 2.24) is 83.7 Å². The van der Waals surface area contributed by atoms with Gasteiger partial charge in [0, 0.05) is 49.8 Å². The molecule has 17 unspecified atom stereocenters. The Kier molecular flexibility index (Phi) is 24.8. The number of sulfonamides is 1. The quantitative estimate of drug-likeness (QED) is 0.0365. The lowest BCUT2D eigenvalue weighted by Gasteiger charge is -2.27. The van der Waals surface area contributed by atoms with Gasteiger partial charge in [0.1, 0.15) is 67.7 Å². The fourth-order valence-corrected chi connectivity index (χ4v) is 17.9. The molecule has 6 aromatic heterocycles. The fraction of sp³-hybridized carbons (Fsp3) is 0.376. The molecule has 0 spiro atoms. The van der Waals surface area contributed by atoms with Crippen LogP contribution in [0, 0.1) is 0 Å². The van der Waals surface area contributed by atoms with Crippen LogP contribution in [0.2, 0.25) is 0 Å². The molecule has 9 aliphatic rings. The fourth-order valence-electron chi connectivity index (χ4n) is 17.4. The molecular weight excluding hydrogens is 1680 g/mol. The average Bonchev–Trinajstić information content (AvgIpc) is 1.59. The van der Waals surface area contributed by atoms with E-state index in [4.69, 9.17) is 42.6 Å². The molecule has 43 heteroatoms. The molecule has 11 aromatic rings. The number of nitrogens with one attached hydrogen (secondary N) is 7. The van der Waals surface area contributed by atoms with E-state index in [9.17, 15) is 57.0 Å². The summed E-state index contributed by atoms with van der Waals surface area (Å²) in [5.74, 6) is -3.32. The maximum absolute atomic E-state index is 13.8. The van der Waals surface area contributed by atoms with Crippen LogP contribution < -0.4 is 36.6 Å². The standard InChI is InChI=1S/C30H29N7O7.C29H33N7O7.C26H25N7O7S/c38-26(36-13-7-12-19(36)28(39)40)22-21-23(44-29(43-21)18-10-5-2-6-11-18)27(42-22)37-16-34-20-24(32-15-33-25(20)37)35-30(41)31-14-17-8-3-1-4-9-17;37-26(35-12-6-11-18(35)28(38)39)22-21-23(42-19(41-21)13-16-7-2-1-3-8-16)27(43-22)36-15-32-20-24(30-14-31-25(20)36)34-29(40)33-17-9-4-5-10-17;1-41(36,37)32-24(34)20-19-21(39-17(38-19)12-15-8-4-2-5-9-15)25(40-20)33-14-29-18-22(27-13-28-23(18)33)31-26(35)30-16-10-6-3-7-11-16/h1-6,8-11,15-16,19,21-23,27,29H,7,12-14H2,(H,39,40)(H2,31,32,33,35,41);1-3,7-8,14-15,17-19,21-23,27H,4-6,9-13H2,(H,38,39)(H2,30,31,33,34,40);2-11,13-14,17,19-21,25H,12H2,1H3,(H,32,34)(H2,27,28,30,31,35). The molecule has 8 aliphatic heterocycles. The Morgan fingerprint density at radius 2 is 0.805 bits per heavy atom. The lowest BCUT2D eigenvalue weighted by Crippen LogP contribution is -2.49. The summed E-state index contributed by atoms with van der Waals surface area (Å²) >= 11 is 0. The number of carbonyl (C=O) groups excluding carboxylic acids is 6. The van der Waals surface area contributed by atoms with Crippen LogP contribution in [0.4, 0.5) is 37.5 Å². The number of ether oxygens (including phenoxy) is 9. The second kappa shape index (κ2) is 37.2. The molecule has 8 saturated heterocycles. The van der Waals surface area contributed by atoms with Gasteiger partial charge < -0.3 is 78.6 Å². The average molecular weight is 1770 g/mol. The number of para-hydroxylation sites is 1. The molecule has 5 aromatic carbocycles. The summed E-state index contributed by atoms with van der Waals surface area (Å²) in [5.41, 5.74) is 6.18. The number of nitrogens with zero attached hydrogens (tertiary/aromatic N) is 14. The first-order chi connectivity index (χ1) is 62.2. The number of hydrogen-bond acceptors (Lipinski definition) is 28. The van der Waals surface area contributed by atoms with Gasteiger partial charge in [0.15, 0.2) is 107 Å². The summed E-state index contributed by atoms with van der Waals surface area (Å²) in [6, 6.07) is 43.9. The van der Waals surface area contributed by atoms with E-state index in [2.05, 4.69) is 76.8 Å². The molecular formula is C85H87N21O21S. The Morgan fingerprint density at radius 1 is 0.414 bits per heavy atom. The first-order valence-electron chi connectivity index (χ1n) is 41.6. The van der Waals surface area contributed by atoms with Gasteiger partial charge in [-0.05, 0) is 67.3 Å². The molecule has 1 saturated carbocycles. The number of carboxylic acid groups (broad SMARTS) is 2.